The maximum atomic E-state index is 12.0. The van der Waals surface area contributed by atoms with E-state index in [1.54, 1.807) is 25.1 Å². The summed E-state index contributed by atoms with van der Waals surface area (Å²) in [5.41, 5.74) is 0.404. The zero-order chi connectivity index (χ0) is 15.1. The number of nitrogens with zero attached hydrogens (tertiary/aromatic N) is 1. The van der Waals surface area contributed by atoms with Crippen LogP contribution in [-0.2, 0) is 4.79 Å². The Kier molecular flexibility index (Phi) is 6.53. The first-order chi connectivity index (χ1) is 9.51. The minimum absolute atomic E-state index is 0.161. The Labute approximate surface area is 128 Å². The van der Waals surface area contributed by atoms with Crippen LogP contribution in [-0.4, -0.2) is 18.1 Å². The molecule has 0 aliphatic carbocycles. The van der Waals surface area contributed by atoms with Crippen LogP contribution < -0.4 is 10.1 Å². The van der Waals surface area contributed by atoms with E-state index in [-0.39, 0.29) is 11.9 Å². The lowest BCUT2D eigenvalue weighted by atomic mass is 10.1. The quantitative estimate of drug-likeness (QED) is 0.864. The molecular weight excluding hydrogens is 320 g/mol. The lowest BCUT2D eigenvalue weighted by molar-refractivity contribution is -0.128. The van der Waals surface area contributed by atoms with Gasteiger partial charge < -0.3 is 10.1 Å². The smallest absolute Gasteiger partial charge is 0.260 e. The summed E-state index contributed by atoms with van der Waals surface area (Å²) in [5, 5.41) is 12.0. The molecule has 0 aromatic heterocycles. The van der Waals surface area contributed by atoms with Crippen molar-refractivity contribution in [1.82, 2.24) is 5.32 Å². The highest BCUT2D eigenvalue weighted by Crippen LogP contribution is 2.23. The van der Waals surface area contributed by atoms with Gasteiger partial charge in [0.1, 0.15) is 11.8 Å². The topological polar surface area (TPSA) is 62.1 Å². The van der Waals surface area contributed by atoms with Gasteiger partial charge in [0.15, 0.2) is 6.10 Å². The average Bonchev–Trinajstić information content (AvgIpc) is 2.45. The highest BCUT2D eigenvalue weighted by atomic mass is 79.9. The Morgan fingerprint density at radius 1 is 1.45 bits per heavy atom. The van der Waals surface area contributed by atoms with Crippen molar-refractivity contribution in [2.45, 2.75) is 45.8 Å². The zero-order valence-electron chi connectivity index (χ0n) is 11.9. The molecule has 1 aromatic carbocycles. The van der Waals surface area contributed by atoms with Crippen LogP contribution in [0.1, 0.15) is 39.2 Å². The van der Waals surface area contributed by atoms with Gasteiger partial charge in [-0.25, -0.2) is 0 Å². The zero-order valence-corrected chi connectivity index (χ0v) is 13.5. The van der Waals surface area contributed by atoms with E-state index in [0.717, 1.165) is 17.3 Å². The van der Waals surface area contributed by atoms with Gasteiger partial charge in [0.2, 0.25) is 0 Å². The summed E-state index contributed by atoms with van der Waals surface area (Å²) in [6, 6.07) is 7.35. The van der Waals surface area contributed by atoms with E-state index in [4.69, 9.17) is 10.00 Å². The maximum Gasteiger partial charge on any atom is 0.260 e. The molecule has 0 bridgehead atoms. The summed E-state index contributed by atoms with van der Waals surface area (Å²) in [5.74, 6) is 0.258. The van der Waals surface area contributed by atoms with Crippen LogP contribution >= 0.6 is 15.9 Å². The van der Waals surface area contributed by atoms with E-state index >= 15 is 0 Å². The Hall–Kier alpha value is -1.54. The molecule has 1 aromatic rings. The van der Waals surface area contributed by atoms with Crippen LogP contribution in [0.25, 0.3) is 0 Å². The van der Waals surface area contributed by atoms with E-state index < -0.39 is 6.10 Å². The van der Waals surface area contributed by atoms with Crippen LogP contribution in [0.2, 0.25) is 0 Å². The van der Waals surface area contributed by atoms with E-state index in [0.29, 0.717) is 11.3 Å². The molecular formula is C15H19BrN2O2. The van der Waals surface area contributed by atoms with Gasteiger partial charge in [0.05, 0.1) is 5.56 Å². The molecule has 0 spiro atoms. The summed E-state index contributed by atoms with van der Waals surface area (Å²) in [4.78, 5) is 12.0. The van der Waals surface area contributed by atoms with E-state index in [9.17, 15) is 4.79 Å². The van der Waals surface area contributed by atoms with Gasteiger partial charge in [-0.05, 0) is 38.0 Å². The van der Waals surface area contributed by atoms with Gasteiger partial charge in [-0.1, -0.05) is 29.8 Å². The average molecular weight is 339 g/mol. The standard InChI is InChI=1S/C15H19BrN2O2/c1-4-13(5-2)18-15(19)10(3)20-14-7-6-12(16)8-11(14)9-17/h6-8,10,13H,4-5H2,1-3H3,(H,18,19). The summed E-state index contributed by atoms with van der Waals surface area (Å²) in [6.45, 7) is 5.74. The second kappa shape index (κ2) is 7.91. The lowest BCUT2D eigenvalue weighted by Crippen LogP contribution is -2.42. The van der Waals surface area contributed by atoms with Gasteiger partial charge in [0, 0.05) is 10.5 Å². The van der Waals surface area contributed by atoms with Crippen molar-refractivity contribution in [1.29, 1.82) is 5.26 Å². The number of rotatable bonds is 6. The normalized spacial score (nSPS) is 11.8. The number of hydrogen-bond donors (Lipinski definition) is 1. The highest BCUT2D eigenvalue weighted by molar-refractivity contribution is 9.10. The van der Waals surface area contributed by atoms with Gasteiger partial charge in [-0.3, -0.25) is 4.79 Å². The van der Waals surface area contributed by atoms with Crippen LogP contribution in [0.3, 0.4) is 0 Å². The fraction of sp³-hybridized carbons (Fsp3) is 0.467. The van der Waals surface area contributed by atoms with Crippen LogP contribution in [0.15, 0.2) is 22.7 Å². The first-order valence-electron chi connectivity index (χ1n) is 6.68. The lowest BCUT2D eigenvalue weighted by Gasteiger charge is -2.19. The summed E-state index contributed by atoms with van der Waals surface area (Å²) in [6.07, 6.45) is 1.14. The second-order valence-electron chi connectivity index (χ2n) is 4.53. The molecule has 0 aliphatic rings. The highest BCUT2D eigenvalue weighted by Gasteiger charge is 2.18. The minimum atomic E-state index is -0.635. The Morgan fingerprint density at radius 2 is 2.10 bits per heavy atom. The van der Waals surface area contributed by atoms with E-state index in [2.05, 4.69) is 27.3 Å². The number of carbonyl (C=O) groups excluding carboxylic acids is 1. The predicted octanol–water partition coefficient (Wildman–Crippen LogP) is 3.39. The molecule has 0 saturated heterocycles. The molecule has 0 heterocycles. The van der Waals surface area contributed by atoms with Crippen molar-refractivity contribution in [3.8, 4) is 11.8 Å². The molecule has 0 fully saturated rings. The molecule has 108 valence electrons. The van der Waals surface area contributed by atoms with Gasteiger partial charge in [-0.2, -0.15) is 5.26 Å². The summed E-state index contributed by atoms with van der Waals surface area (Å²) < 4.78 is 6.39. The molecule has 20 heavy (non-hydrogen) atoms. The Morgan fingerprint density at radius 3 is 2.65 bits per heavy atom. The van der Waals surface area contributed by atoms with Gasteiger partial charge in [-0.15, -0.1) is 0 Å². The van der Waals surface area contributed by atoms with Crippen LogP contribution in [0.4, 0.5) is 0 Å². The summed E-state index contributed by atoms with van der Waals surface area (Å²) >= 11 is 3.30. The predicted molar refractivity (Wildman–Crippen MR) is 81.5 cm³/mol. The fourth-order valence-corrected chi connectivity index (χ4v) is 2.11. The number of ether oxygens (including phenoxy) is 1. The number of nitrogens with one attached hydrogen (secondary N) is 1. The molecule has 1 rings (SSSR count). The maximum absolute atomic E-state index is 12.0. The minimum Gasteiger partial charge on any atom is -0.480 e. The molecule has 4 nitrogen and oxygen atoms in total. The number of amides is 1. The van der Waals surface area contributed by atoms with Crippen molar-refractivity contribution in [3.63, 3.8) is 0 Å². The Bertz CT molecular complexity index is 507. The van der Waals surface area contributed by atoms with E-state index in [1.807, 2.05) is 13.8 Å². The third kappa shape index (κ3) is 4.53. The van der Waals surface area contributed by atoms with E-state index in [1.165, 1.54) is 0 Å². The largest absolute Gasteiger partial charge is 0.480 e. The molecule has 1 amide bonds. The molecule has 1 N–H and O–H groups in total. The second-order valence-corrected chi connectivity index (χ2v) is 5.45. The SMILES string of the molecule is CCC(CC)NC(=O)C(C)Oc1ccc(Br)cc1C#N. The molecule has 0 saturated carbocycles. The van der Waals surface area contributed by atoms with Crippen LogP contribution in [0, 0.1) is 11.3 Å². The molecule has 1 unspecified atom stereocenters. The number of halogens is 1. The van der Waals surface area contributed by atoms with Gasteiger partial charge >= 0.3 is 0 Å². The third-order valence-corrected chi connectivity index (χ3v) is 3.56. The van der Waals surface area contributed by atoms with Crippen molar-refractivity contribution in [3.05, 3.63) is 28.2 Å². The van der Waals surface area contributed by atoms with Crippen molar-refractivity contribution >= 4 is 21.8 Å². The number of nitriles is 1. The first-order valence-corrected chi connectivity index (χ1v) is 7.47. The number of benzene rings is 1. The van der Waals surface area contributed by atoms with Crippen molar-refractivity contribution in [2.24, 2.45) is 0 Å². The molecule has 5 heteroatoms. The number of hydrogen-bond acceptors (Lipinski definition) is 3. The molecule has 0 radical (unpaired) electrons. The van der Waals surface area contributed by atoms with Gasteiger partial charge in [0.25, 0.3) is 5.91 Å². The van der Waals surface area contributed by atoms with Crippen molar-refractivity contribution < 1.29 is 9.53 Å². The third-order valence-electron chi connectivity index (χ3n) is 3.07. The monoisotopic (exact) mass is 338 g/mol. The first kappa shape index (κ1) is 16.5. The molecule has 0 aliphatic heterocycles. The molecule has 1 atom stereocenters. The Balaban J connectivity index is 2.73. The number of carbonyl (C=O) groups is 1. The van der Waals surface area contributed by atoms with Crippen molar-refractivity contribution in [2.75, 3.05) is 0 Å². The summed E-state index contributed by atoms with van der Waals surface area (Å²) in [7, 11) is 0. The van der Waals surface area contributed by atoms with Crippen LogP contribution in [0.5, 0.6) is 5.75 Å². The fourth-order valence-electron chi connectivity index (χ4n) is 1.75.